The van der Waals surface area contributed by atoms with Gasteiger partial charge in [-0.15, -0.1) is 0 Å². The molecule has 2 aromatic heterocycles. The number of rotatable bonds is 17. The van der Waals surface area contributed by atoms with Crippen molar-refractivity contribution in [3.8, 4) is 17.1 Å². The second-order valence-electron chi connectivity index (χ2n) is 16.8. The van der Waals surface area contributed by atoms with E-state index in [0.717, 1.165) is 16.5 Å². The summed E-state index contributed by atoms with van der Waals surface area (Å²) in [5.74, 6) is -1.63. The van der Waals surface area contributed by atoms with E-state index in [-0.39, 0.29) is 80.6 Å². The monoisotopic (exact) mass is 911 g/mol. The molecule has 352 valence electrons. The Labute approximate surface area is 380 Å². The number of nitrogens with zero attached hydrogens (tertiary/aromatic N) is 4. The van der Waals surface area contributed by atoms with Gasteiger partial charge in [0.1, 0.15) is 25.0 Å². The number of esters is 1. The topological polar surface area (TPSA) is 280 Å². The van der Waals surface area contributed by atoms with Crippen molar-refractivity contribution in [1.29, 1.82) is 0 Å². The van der Waals surface area contributed by atoms with E-state index in [4.69, 9.17) is 30.7 Å². The number of pyridine rings is 2. The first kappa shape index (κ1) is 48.4. The van der Waals surface area contributed by atoms with Gasteiger partial charge >= 0.3 is 24.2 Å². The maximum absolute atomic E-state index is 13.7. The number of nitrogens with two attached hydrogens (primary N) is 2. The van der Waals surface area contributed by atoms with E-state index in [1.54, 1.807) is 80.9 Å². The second kappa shape index (κ2) is 20.4. The third-order valence-corrected chi connectivity index (χ3v) is 11.9. The lowest BCUT2D eigenvalue weighted by atomic mass is 9.86. The summed E-state index contributed by atoms with van der Waals surface area (Å²) in [4.78, 5) is 96.8. The van der Waals surface area contributed by atoms with Crippen molar-refractivity contribution in [1.82, 2.24) is 30.0 Å². The Morgan fingerprint density at radius 2 is 1.67 bits per heavy atom. The molecule has 0 saturated heterocycles. The number of carbonyl (C=O) groups excluding carboxylic acids is 6. The van der Waals surface area contributed by atoms with E-state index in [1.807, 2.05) is 6.92 Å². The largest absolute Gasteiger partial charge is 0.458 e. The number of urea groups is 1. The van der Waals surface area contributed by atoms with Crippen LogP contribution in [0.1, 0.15) is 74.8 Å². The van der Waals surface area contributed by atoms with E-state index in [9.17, 15) is 38.7 Å². The average Bonchev–Trinajstić information content (AvgIpc) is 3.66. The number of ether oxygens (including phenoxy) is 3. The van der Waals surface area contributed by atoms with E-state index < -0.39 is 53.7 Å². The summed E-state index contributed by atoms with van der Waals surface area (Å²) < 4.78 is 18.0. The summed E-state index contributed by atoms with van der Waals surface area (Å²) >= 11 is 0. The van der Waals surface area contributed by atoms with Crippen LogP contribution in [0.2, 0.25) is 0 Å². The molecule has 3 atom stereocenters. The molecule has 0 fully saturated rings. The Balaban J connectivity index is 1.01. The molecule has 20 heteroatoms. The number of amides is 6. The smallest absolute Gasteiger partial charge is 0.415 e. The van der Waals surface area contributed by atoms with Crippen LogP contribution in [0, 0.1) is 5.92 Å². The Morgan fingerprint density at radius 1 is 0.970 bits per heavy atom. The third-order valence-electron chi connectivity index (χ3n) is 11.9. The first-order valence-corrected chi connectivity index (χ1v) is 21.8. The first-order valence-electron chi connectivity index (χ1n) is 21.8. The SMILES string of the molecule is CCc1c2c(nc3ccc(OC(=O)N(C)CCN(C)C(=O)OCc4ccc(NC(=O)[C@H](CCCNC(N)=O)NC(=O)[C@@H](N)C(C)C)cc4)cc13)-c1cc3c(c(=O)n1C2)COC(=O)[C@]3(O)CC. The molecule has 0 saturated carbocycles. The van der Waals surface area contributed by atoms with Crippen molar-refractivity contribution in [2.24, 2.45) is 17.4 Å². The zero-order valence-electron chi connectivity index (χ0n) is 37.9. The van der Waals surface area contributed by atoms with Crippen LogP contribution in [0.4, 0.5) is 20.1 Å². The fourth-order valence-corrected chi connectivity index (χ4v) is 7.80. The van der Waals surface area contributed by atoms with Crippen LogP contribution >= 0.6 is 0 Å². The molecule has 2 aromatic carbocycles. The normalized spacial score (nSPS) is 15.7. The van der Waals surface area contributed by atoms with Gasteiger partial charge in [-0.1, -0.05) is 39.8 Å². The summed E-state index contributed by atoms with van der Waals surface area (Å²) in [6, 6.07) is 10.9. The number of carbonyl (C=O) groups is 6. The van der Waals surface area contributed by atoms with Gasteiger partial charge in [0.2, 0.25) is 11.8 Å². The van der Waals surface area contributed by atoms with Gasteiger partial charge in [-0.2, -0.15) is 0 Å². The number of anilines is 1. The standard InChI is InChI=1S/C46H57N9O11/c1-7-29-30-20-28(15-16-34(30)51-38-31(29)22-55-36(38)21-33-32(41(55)58)24-64-42(59)46(33,63)8-2)66-45(62)54(6)19-18-53(5)44(61)65-23-26-11-13-27(14-12-26)50-39(56)35(10-9-17-49-43(48)60)52-40(57)37(47)25(3)4/h11-16,20-21,25,35,37,63H,7-10,17-19,22-24,47H2,1-6H3,(H,50,56)(H,52,57)(H3,48,49,60)/t35-,37-,46-/m0/s1. The second-order valence-corrected chi connectivity index (χ2v) is 16.8. The summed E-state index contributed by atoms with van der Waals surface area (Å²) in [5.41, 5.74) is 13.8. The highest BCUT2D eigenvalue weighted by Gasteiger charge is 2.45. The Kier molecular flexibility index (Phi) is 15.0. The highest BCUT2D eigenvalue weighted by molar-refractivity contribution is 5.98. The Hall–Kier alpha value is -7.06. The number of aryl methyl sites for hydroxylation is 1. The molecule has 6 amide bonds. The quantitative estimate of drug-likeness (QED) is 0.0578. The fourth-order valence-electron chi connectivity index (χ4n) is 7.80. The summed E-state index contributed by atoms with van der Waals surface area (Å²) in [6.45, 7) is 7.61. The molecule has 0 radical (unpaired) electrons. The van der Waals surface area contributed by atoms with E-state index in [0.29, 0.717) is 41.0 Å². The third kappa shape index (κ3) is 10.4. The number of primary amides is 1. The lowest BCUT2D eigenvalue weighted by molar-refractivity contribution is -0.172. The van der Waals surface area contributed by atoms with Gasteiger partial charge in [0.15, 0.2) is 5.60 Å². The number of nitrogens with one attached hydrogen (secondary N) is 3. The minimum Gasteiger partial charge on any atom is -0.458 e. The van der Waals surface area contributed by atoms with Crippen LogP contribution in [0.3, 0.4) is 0 Å². The van der Waals surface area contributed by atoms with Crippen LogP contribution in [0.5, 0.6) is 5.75 Å². The molecule has 0 aliphatic carbocycles. The molecule has 4 heterocycles. The van der Waals surface area contributed by atoms with Crippen molar-refractivity contribution < 1.29 is 48.1 Å². The van der Waals surface area contributed by atoms with Gasteiger partial charge < -0.3 is 61.1 Å². The molecule has 66 heavy (non-hydrogen) atoms. The van der Waals surface area contributed by atoms with Gasteiger partial charge in [0, 0.05) is 55.9 Å². The van der Waals surface area contributed by atoms with E-state index in [1.165, 1.54) is 16.8 Å². The number of benzene rings is 2. The predicted octanol–water partition coefficient (Wildman–Crippen LogP) is 3.20. The number of fused-ring (bicyclic) bond motifs is 5. The highest BCUT2D eigenvalue weighted by Crippen LogP contribution is 2.41. The molecule has 0 bridgehead atoms. The number of cyclic esters (lactones) is 1. The van der Waals surface area contributed by atoms with Gasteiger partial charge in [0.05, 0.1) is 35.1 Å². The van der Waals surface area contributed by atoms with Crippen molar-refractivity contribution in [3.63, 3.8) is 0 Å². The Morgan fingerprint density at radius 3 is 2.32 bits per heavy atom. The first-order chi connectivity index (χ1) is 31.4. The predicted molar refractivity (Wildman–Crippen MR) is 242 cm³/mol. The molecular weight excluding hydrogens is 855 g/mol. The van der Waals surface area contributed by atoms with Crippen LogP contribution in [0.15, 0.2) is 53.3 Å². The highest BCUT2D eigenvalue weighted by atomic mass is 16.6. The minimum absolute atomic E-state index is 0.0362. The summed E-state index contributed by atoms with van der Waals surface area (Å²) in [6.07, 6.45) is -0.0987. The van der Waals surface area contributed by atoms with Crippen molar-refractivity contribution >= 4 is 52.6 Å². The molecule has 0 unspecified atom stereocenters. The minimum atomic E-state index is -1.94. The lowest BCUT2D eigenvalue weighted by Gasteiger charge is -2.31. The van der Waals surface area contributed by atoms with Crippen LogP contribution in [-0.4, -0.2) is 106 Å². The summed E-state index contributed by atoms with van der Waals surface area (Å²) in [5, 5.41) is 19.9. The number of aromatic nitrogens is 2. The molecule has 8 N–H and O–H groups in total. The lowest BCUT2D eigenvalue weighted by Crippen LogP contribution is -2.51. The average molecular weight is 912 g/mol. The number of hydrogen-bond acceptors (Lipinski definition) is 13. The molecule has 4 aromatic rings. The fraction of sp³-hybridized carbons (Fsp3) is 0.435. The maximum Gasteiger partial charge on any atom is 0.415 e. The van der Waals surface area contributed by atoms with E-state index in [2.05, 4.69) is 16.0 Å². The van der Waals surface area contributed by atoms with Crippen molar-refractivity contribution in [3.05, 3.63) is 86.7 Å². The van der Waals surface area contributed by atoms with E-state index >= 15 is 0 Å². The van der Waals surface area contributed by atoms with Crippen LogP contribution < -0.4 is 37.7 Å². The molecule has 6 rings (SSSR count). The van der Waals surface area contributed by atoms with Gasteiger partial charge in [-0.25, -0.2) is 24.2 Å². The zero-order chi connectivity index (χ0) is 48.0. The van der Waals surface area contributed by atoms with Crippen molar-refractivity contribution in [2.45, 2.75) is 90.8 Å². The van der Waals surface area contributed by atoms with Gasteiger partial charge in [0.25, 0.3) is 5.56 Å². The van der Waals surface area contributed by atoms with Gasteiger partial charge in [-0.3, -0.25) is 14.4 Å². The number of hydrogen-bond donors (Lipinski definition) is 6. The van der Waals surface area contributed by atoms with Gasteiger partial charge in [-0.05, 0) is 79.1 Å². The molecule has 2 aliphatic rings. The van der Waals surface area contributed by atoms with Crippen LogP contribution in [-0.2, 0) is 55.6 Å². The Bertz CT molecular complexity index is 2600. The summed E-state index contributed by atoms with van der Waals surface area (Å²) in [7, 11) is 3.08. The molecule has 20 nitrogen and oxygen atoms in total. The van der Waals surface area contributed by atoms with Crippen molar-refractivity contribution in [2.75, 3.05) is 39.0 Å². The molecule has 0 spiro atoms. The number of aliphatic hydroxyl groups is 1. The molecule has 2 aliphatic heterocycles. The number of likely N-dealkylation sites (N-methyl/N-ethyl adjacent to an activating group) is 2. The zero-order valence-corrected chi connectivity index (χ0v) is 37.9. The maximum atomic E-state index is 13.7. The van der Waals surface area contributed by atoms with Crippen LogP contribution in [0.25, 0.3) is 22.3 Å². The molecular formula is C46H57N9O11.